The van der Waals surface area contributed by atoms with Gasteiger partial charge in [0.15, 0.2) is 0 Å². The molecule has 1 aromatic rings. The topological polar surface area (TPSA) is 65.5 Å². The predicted octanol–water partition coefficient (Wildman–Crippen LogP) is 2.15. The number of carbonyl (C=O) groups excluding carboxylic acids is 1. The van der Waals surface area contributed by atoms with E-state index in [1.54, 1.807) is 0 Å². The van der Waals surface area contributed by atoms with Crippen LogP contribution in [0.3, 0.4) is 0 Å². The zero-order valence-electron chi connectivity index (χ0n) is 13.8. The van der Waals surface area contributed by atoms with E-state index in [1.165, 1.54) is 24.2 Å². The Morgan fingerprint density at radius 2 is 2.27 bits per heavy atom. The number of amides is 1. The van der Waals surface area contributed by atoms with Gasteiger partial charge in [0.1, 0.15) is 4.88 Å². The summed E-state index contributed by atoms with van der Waals surface area (Å²) in [5.74, 6) is 0.323. The lowest BCUT2D eigenvalue weighted by Gasteiger charge is -2.34. The van der Waals surface area contributed by atoms with E-state index in [9.17, 15) is 9.90 Å². The van der Waals surface area contributed by atoms with Crippen molar-refractivity contribution in [3.63, 3.8) is 0 Å². The fourth-order valence-corrected chi connectivity index (χ4v) is 3.81. The first-order chi connectivity index (χ1) is 10.5. The van der Waals surface area contributed by atoms with Crippen LogP contribution in [0.1, 0.15) is 59.4 Å². The minimum atomic E-state index is -0.0283. The van der Waals surface area contributed by atoms with Crippen molar-refractivity contribution in [2.75, 3.05) is 26.2 Å². The molecule has 1 aliphatic heterocycles. The quantitative estimate of drug-likeness (QED) is 0.841. The van der Waals surface area contributed by atoms with Gasteiger partial charge in [-0.3, -0.25) is 9.69 Å². The number of rotatable bonds is 6. The Kier molecular flexibility index (Phi) is 6.35. The molecule has 1 aliphatic rings. The van der Waals surface area contributed by atoms with E-state index in [0.717, 1.165) is 35.1 Å². The standard InChI is InChI=1S/C16H27N3O2S/c1-11(2)16-18-12(3)14(22-16)15(21)17-7-9-19-8-5-4-6-13(19)10-20/h11,13,20H,4-10H2,1-3H3,(H,17,21). The second-order valence-corrected chi connectivity index (χ2v) is 7.28. The number of aromatic nitrogens is 1. The van der Waals surface area contributed by atoms with Gasteiger partial charge < -0.3 is 10.4 Å². The maximum absolute atomic E-state index is 12.3. The minimum Gasteiger partial charge on any atom is -0.395 e. The molecule has 1 saturated heterocycles. The SMILES string of the molecule is Cc1nc(C(C)C)sc1C(=O)NCCN1CCCCC1CO. The van der Waals surface area contributed by atoms with Crippen molar-refractivity contribution < 1.29 is 9.90 Å². The van der Waals surface area contributed by atoms with Crippen LogP contribution in [0.5, 0.6) is 0 Å². The molecular formula is C16H27N3O2S. The summed E-state index contributed by atoms with van der Waals surface area (Å²) >= 11 is 1.49. The number of aliphatic hydroxyl groups is 1. The Balaban J connectivity index is 1.85. The molecule has 22 heavy (non-hydrogen) atoms. The molecule has 2 heterocycles. The summed E-state index contributed by atoms with van der Waals surface area (Å²) in [6.07, 6.45) is 3.42. The van der Waals surface area contributed by atoms with Gasteiger partial charge in [-0.2, -0.15) is 0 Å². The molecule has 1 amide bonds. The van der Waals surface area contributed by atoms with Gasteiger partial charge in [-0.05, 0) is 26.3 Å². The van der Waals surface area contributed by atoms with E-state index in [2.05, 4.69) is 29.0 Å². The van der Waals surface area contributed by atoms with Gasteiger partial charge in [0.2, 0.25) is 0 Å². The Morgan fingerprint density at radius 3 is 2.91 bits per heavy atom. The highest BCUT2D eigenvalue weighted by Gasteiger charge is 2.22. The van der Waals surface area contributed by atoms with Crippen LogP contribution in [0, 0.1) is 6.92 Å². The monoisotopic (exact) mass is 325 g/mol. The molecule has 2 N–H and O–H groups in total. The lowest BCUT2D eigenvalue weighted by molar-refractivity contribution is 0.0850. The molecule has 1 unspecified atom stereocenters. The van der Waals surface area contributed by atoms with E-state index in [-0.39, 0.29) is 18.6 Å². The van der Waals surface area contributed by atoms with Crippen LogP contribution in [-0.4, -0.2) is 53.2 Å². The average Bonchev–Trinajstić information content (AvgIpc) is 2.90. The first-order valence-corrected chi connectivity index (χ1v) is 8.95. The number of hydrogen-bond acceptors (Lipinski definition) is 5. The number of nitrogens with one attached hydrogen (secondary N) is 1. The number of aliphatic hydroxyl groups excluding tert-OH is 1. The molecule has 0 spiro atoms. The van der Waals surface area contributed by atoms with Gasteiger partial charge in [-0.1, -0.05) is 20.3 Å². The summed E-state index contributed by atoms with van der Waals surface area (Å²) in [5.41, 5.74) is 0.817. The number of piperidine rings is 1. The molecule has 124 valence electrons. The summed E-state index contributed by atoms with van der Waals surface area (Å²) < 4.78 is 0. The predicted molar refractivity (Wildman–Crippen MR) is 89.6 cm³/mol. The van der Waals surface area contributed by atoms with Crippen LogP contribution in [0.25, 0.3) is 0 Å². The van der Waals surface area contributed by atoms with Crippen molar-refractivity contribution in [3.05, 3.63) is 15.6 Å². The van der Waals surface area contributed by atoms with E-state index in [0.29, 0.717) is 12.5 Å². The molecule has 0 aromatic carbocycles. The molecule has 0 bridgehead atoms. The highest BCUT2D eigenvalue weighted by atomic mass is 32.1. The van der Waals surface area contributed by atoms with Gasteiger partial charge >= 0.3 is 0 Å². The number of nitrogens with zero attached hydrogens (tertiary/aromatic N) is 2. The Hall–Kier alpha value is -0.980. The van der Waals surface area contributed by atoms with Gasteiger partial charge in [0.05, 0.1) is 17.3 Å². The second-order valence-electron chi connectivity index (χ2n) is 6.25. The highest BCUT2D eigenvalue weighted by Crippen LogP contribution is 2.24. The molecule has 0 saturated carbocycles. The van der Waals surface area contributed by atoms with Crippen molar-refractivity contribution >= 4 is 17.2 Å². The largest absolute Gasteiger partial charge is 0.395 e. The van der Waals surface area contributed by atoms with Gasteiger partial charge in [0, 0.05) is 25.0 Å². The van der Waals surface area contributed by atoms with E-state index in [1.807, 2.05) is 6.92 Å². The van der Waals surface area contributed by atoms with Gasteiger partial charge in [-0.25, -0.2) is 4.98 Å². The Morgan fingerprint density at radius 1 is 1.50 bits per heavy atom. The van der Waals surface area contributed by atoms with Crippen molar-refractivity contribution in [3.8, 4) is 0 Å². The summed E-state index contributed by atoms with van der Waals surface area (Å²) in [5, 5.41) is 13.4. The molecular weight excluding hydrogens is 298 g/mol. The molecule has 6 heteroatoms. The molecule has 5 nitrogen and oxygen atoms in total. The summed E-state index contributed by atoms with van der Waals surface area (Å²) in [6.45, 7) is 8.70. The third-order valence-corrected chi connectivity index (χ3v) is 5.61. The molecule has 1 atom stereocenters. The van der Waals surface area contributed by atoms with Crippen LogP contribution in [0.4, 0.5) is 0 Å². The number of likely N-dealkylation sites (tertiary alicyclic amines) is 1. The number of hydrogen-bond donors (Lipinski definition) is 2. The average molecular weight is 325 g/mol. The molecule has 0 radical (unpaired) electrons. The van der Waals surface area contributed by atoms with Crippen LogP contribution in [0.2, 0.25) is 0 Å². The third-order valence-electron chi connectivity index (χ3n) is 4.16. The first-order valence-electron chi connectivity index (χ1n) is 8.13. The Bertz CT molecular complexity index is 502. The summed E-state index contributed by atoms with van der Waals surface area (Å²) in [4.78, 5) is 19.8. The molecule has 2 rings (SSSR count). The van der Waals surface area contributed by atoms with Crippen molar-refractivity contribution in [1.82, 2.24) is 15.2 Å². The molecule has 1 fully saturated rings. The summed E-state index contributed by atoms with van der Waals surface area (Å²) in [7, 11) is 0. The van der Waals surface area contributed by atoms with Crippen LogP contribution in [0.15, 0.2) is 0 Å². The lowest BCUT2D eigenvalue weighted by atomic mass is 10.0. The van der Waals surface area contributed by atoms with E-state index in [4.69, 9.17) is 0 Å². The van der Waals surface area contributed by atoms with Gasteiger partial charge in [0.25, 0.3) is 5.91 Å². The smallest absolute Gasteiger partial charge is 0.263 e. The lowest BCUT2D eigenvalue weighted by Crippen LogP contribution is -2.45. The fraction of sp³-hybridized carbons (Fsp3) is 0.750. The van der Waals surface area contributed by atoms with Crippen molar-refractivity contribution in [2.24, 2.45) is 0 Å². The minimum absolute atomic E-state index is 0.0283. The molecule has 1 aromatic heterocycles. The number of thiazole rings is 1. The van der Waals surface area contributed by atoms with Crippen molar-refractivity contribution in [1.29, 1.82) is 0 Å². The summed E-state index contributed by atoms with van der Waals surface area (Å²) in [6, 6.07) is 0.253. The number of carbonyl (C=O) groups is 1. The van der Waals surface area contributed by atoms with Crippen LogP contribution in [-0.2, 0) is 0 Å². The second kappa shape index (κ2) is 8.04. The number of aryl methyl sites for hydroxylation is 1. The molecule has 0 aliphatic carbocycles. The highest BCUT2D eigenvalue weighted by molar-refractivity contribution is 7.13. The first kappa shape index (κ1) is 17.4. The zero-order valence-corrected chi connectivity index (χ0v) is 14.6. The van der Waals surface area contributed by atoms with E-state index < -0.39 is 0 Å². The zero-order chi connectivity index (χ0) is 16.1. The van der Waals surface area contributed by atoms with Crippen molar-refractivity contribution in [2.45, 2.75) is 52.0 Å². The van der Waals surface area contributed by atoms with Crippen LogP contribution < -0.4 is 5.32 Å². The van der Waals surface area contributed by atoms with Gasteiger partial charge in [-0.15, -0.1) is 11.3 Å². The Labute approximate surface area is 136 Å². The normalized spacial score (nSPS) is 19.6. The van der Waals surface area contributed by atoms with Crippen LogP contribution >= 0.6 is 11.3 Å². The van der Waals surface area contributed by atoms with E-state index >= 15 is 0 Å². The third kappa shape index (κ3) is 4.27. The maximum Gasteiger partial charge on any atom is 0.263 e. The fourth-order valence-electron chi connectivity index (χ4n) is 2.83. The maximum atomic E-state index is 12.3.